The van der Waals surface area contributed by atoms with Crippen LogP contribution in [0.15, 0.2) is 28.6 Å². The predicted molar refractivity (Wildman–Crippen MR) is 126 cm³/mol. The number of rotatable bonds is 4. The van der Waals surface area contributed by atoms with E-state index in [1.54, 1.807) is 11.3 Å². The number of aliphatic imine (C=N–C) groups is 1. The van der Waals surface area contributed by atoms with E-state index in [0.717, 1.165) is 49.9 Å². The largest absolute Gasteiger partial charge is 0.258 e. The Bertz CT molecular complexity index is 946. The molecule has 0 atom stereocenters. The number of aryl methyl sites for hydroxylation is 2. The molecule has 0 fully saturated rings. The normalized spacial score (nSPS) is 10.8. The van der Waals surface area contributed by atoms with Crippen LogP contribution in [-0.2, 0) is 0 Å². The van der Waals surface area contributed by atoms with Crippen molar-refractivity contribution in [2.75, 3.05) is 0 Å². The van der Waals surface area contributed by atoms with Crippen LogP contribution in [0.3, 0.4) is 0 Å². The minimum absolute atomic E-state index is 0.284. The molecule has 2 aromatic heterocycles. The van der Waals surface area contributed by atoms with Gasteiger partial charge in [0.1, 0.15) is 4.83 Å². The molecule has 0 spiro atoms. The lowest BCUT2D eigenvalue weighted by atomic mass is 10.0. The molecule has 0 aliphatic heterocycles. The molecule has 1 aromatic carbocycles. The zero-order valence-electron chi connectivity index (χ0n) is 17.9. The van der Waals surface area contributed by atoms with Crippen LogP contribution in [0.2, 0.25) is 5.28 Å². The van der Waals surface area contributed by atoms with Gasteiger partial charge in [-0.1, -0.05) is 33.6 Å². The van der Waals surface area contributed by atoms with Crippen molar-refractivity contribution in [2.45, 2.75) is 61.3 Å². The van der Waals surface area contributed by atoms with Gasteiger partial charge in [-0.05, 0) is 79.9 Å². The maximum absolute atomic E-state index is 6.07. The maximum Gasteiger partial charge on any atom is 0.224 e. The van der Waals surface area contributed by atoms with Gasteiger partial charge >= 0.3 is 0 Å². The summed E-state index contributed by atoms with van der Waals surface area (Å²) in [6, 6.07) is 6.27. The van der Waals surface area contributed by atoms with Crippen molar-refractivity contribution in [1.29, 1.82) is 0 Å². The zero-order chi connectivity index (χ0) is 20.8. The van der Waals surface area contributed by atoms with Gasteiger partial charge in [-0.3, -0.25) is 4.99 Å². The lowest BCUT2D eigenvalue weighted by Gasteiger charge is -2.10. The Labute approximate surface area is 177 Å². The fourth-order valence-corrected chi connectivity index (χ4v) is 4.10. The van der Waals surface area contributed by atoms with Gasteiger partial charge in [-0.2, -0.15) is 0 Å². The minimum Gasteiger partial charge on any atom is -0.258 e. The molecule has 2 heterocycles. The van der Waals surface area contributed by atoms with Crippen molar-refractivity contribution in [3.05, 3.63) is 40.0 Å². The van der Waals surface area contributed by atoms with E-state index in [2.05, 4.69) is 61.7 Å². The van der Waals surface area contributed by atoms with Gasteiger partial charge in [0.15, 0.2) is 0 Å². The highest BCUT2D eigenvalue weighted by Gasteiger charge is 2.13. The Morgan fingerprint density at radius 1 is 1.14 bits per heavy atom. The van der Waals surface area contributed by atoms with Crippen LogP contribution in [0.4, 0.5) is 5.69 Å². The standard InChI is InChI=1S/C17H16ClN3S.C6H14/c1-9(2)19-14-10(3)7-12(8-11(14)4)15-13-5-6-22-16(13)21-17(18)20-15;1-4-5-6(2)3/h5-8H,1-4H3;6H,4-5H2,1-3H3. The third kappa shape index (κ3) is 5.86. The van der Waals surface area contributed by atoms with Crippen molar-refractivity contribution in [2.24, 2.45) is 10.9 Å². The molecule has 3 aromatic rings. The van der Waals surface area contributed by atoms with Crippen molar-refractivity contribution in [3.8, 4) is 11.3 Å². The van der Waals surface area contributed by atoms with Crippen molar-refractivity contribution in [3.63, 3.8) is 0 Å². The number of benzene rings is 1. The molecule has 0 N–H and O–H groups in total. The molecule has 0 bridgehead atoms. The topological polar surface area (TPSA) is 38.1 Å². The first kappa shape index (κ1) is 22.5. The first-order valence-corrected chi connectivity index (χ1v) is 11.0. The van der Waals surface area contributed by atoms with Gasteiger partial charge in [0.25, 0.3) is 0 Å². The number of nitrogens with zero attached hydrogens (tertiary/aromatic N) is 3. The number of hydrogen-bond donors (Lipinski definition) is 0. The Morgan fingerprint density at radius 2 is 1.79 bits per heavy atom. The van der Waals surface area contributed by atoms with E-state index in [9.17, 15) is 0 Å². The van der Waals surface area contributed by atoms with Gasteiger partial charge in [-0.25, -0.2) is 9.97 Å². The highest BCUT2D eigenvalue weighted by molar-refractivity contribution is 7.16. The van der Waals surface area contributed by atoms with Gasteiger partial charge in [0.05, 0.1) is 11.4 Å². The Kier molecular flexibility index (Phi) is 8.14. The zero-order valence-corrected chi connectivity index (χ0v) is 19.5. The van der Waals surface area contributed by atoms with E-state index in [1.165, 1.54) is 12.8 Å². The summed E-state index contributed by atoms with van der Waals surface area (Å²) < 4.78 is 0. The van der Waals surface area contributed by atoms with Crippen LogP contribution < -0.4 is 0 Å². The van der Waals surface area contributed by atoms with Gasteiger partial charge in [0, 0.05) is 16.7 Å². The van der Waals surface area contributed by atoms with Crippen LogP contribution in [0.25, 0.3) is 21.5 Å². The van der Waals surface area contributed by atoms with Gasteiger partial charge < -0.3 is 0 Å². The summed E-state index contributed by atoms with van der Waals surface area (Å²) in [5, 5.41) is 3.33. The summed E-state index contributed by atoms with van der Waals surface area (Å²) in [6.45, 7) is 14.9. The van der Waals surface area contributed by atoms with E-state index in [4.69, 9.17) is 11.6 Å². The smallest absolute Gasteiger partial charge is 0.224 e. The number of fused-ring (bicyclic) bond motifs is 1. The average molecular weight is 416 g/mol. The predicted octanol–water partition coefficient (Wildman–Crippen LogP) is 8.18. The lowest BCUT2D eigenvalue weighted by molar-refractivity contribution is 0.576. The molecule has 28 heavy (non-hydrogen) atoms. The van der Waals surface area contributed by atoms with Crippen molar-refractivity contribution in [1.82, 2.24) is 9.97 Å². The first-order valence-electron chi connectivity index (χ1n) is 9.77. The van der Waals surface area contributed by atoms with Crippen LogP contribution in [0.1, 0.15) is 58.6 Å². The number of hydrogen-bond acceptors (Lipinski definition) is 4. The molecule has 5 heteroatoms. The van der Waals surface area contributed by atoms with Gasteiger partial charge in [0.2, 0.25) is 5.28 Å². The van der Waals surface area contributed by atoms with E-state index >= 15 is 0 Å². The summed E-state index contributed by atoms with van der Waals surface area (Å²) in [5.74, 6) is 0.898. The minimum atomic E-state index is 0.284. The SMILES string of the molecule is CC(C)=Nc1c(C)cc(-c2nc(Cl)nc3sccc23)cc1C.CCCC(C)C. The summed E-state index contributed by atoms with van der Waals surface area (Å²) >= 11 is 7.65. The summed E-state index contributed by atoms with van der Waals surface area (Å²) in [5.41, 5.74) is 6.28. The third-order valence-electron chi connectivity index (χ3n) is 4.26. The Morgan fingerprint density at radius 3 is 2.29 bits per heavy atom. The van der Waals surface area contributed by atoms with Crippen LogP contribution in [0, 0.1) is 19.8 Å². The highest BCUT2D eigenvalue weighted by atomic mass is 35.5. The molecule has 0 radical (unpaired) electrons. The van der Waals surface area contributed by atoms with E-state index in [0.29, 0.717) is 0 Å². The average Bonchev–Trinajstić information content (AvgIpc) is 3.05. The second-order valence-electron chi connectivity index (χ2n) is 7.68. The van der Waals surface area contributed by atoms with E-state index in [1.807, 2.05) is 25.3 Å². The molecule has 3 rings (SSSR count). The van der Waals surface area contributed by atoms with Gasteiger partial charge in [-0.15, -0.1) is 11.3 Å². The summed E-state index contributed by atoms with van der Waals surface area (Å²) in [4.78, 5) is 14.3. The molecule has 0 saturated heterocycles. The van der Waals surface area contributed by atoms with Crippen molar-refractivity contribution >= 4 is 44.6 Å². The second-order valence-corrected chi connectivity index (χ2v) is 8.91. The maximum atomic E-state index is 6.07. The third-order valence-corrected chi connectivity index (χ3v) is 5.24. The first-order chi connectivity index (χ1) is 13.2. The molecule has 0 aliphatic carbocycles. The lowest BCUT2D eigenvalue weighted by Crippen LogP contribution is -1.92. The highest BCUT2D eigenvalue weighted by Crippen LogP contribution is 2.34. The Hall–Kier alpha value is -1.78. The molecule has 0 amide bonds. The fourth-order valence-electron chi connectivity index (χ4n) is 3.12. The molecule has 0 saturated carbocycles. The molecule has 150 valence electrons. The quantitative estimate of drug-likeness (QED) is 0.318. The Balaban J connectivity index is 0.000000409. The molecule has 3 nitrogen and oxygen atoms in total. The van der Waals surface area contributed by atoms with Crippen LogP contribution >= 0.6 is 22.9 Å². The molecular formula is C23H30ClN3S. The molecular weight excluding hydrogens is 386 g/mol. The second kappa shape index (κ2) is 10.1. The van der Waals surface area contributed by atoms with Crippen LogP contribution in [-0.4, -0.2) is 15.7 Å². The molecule has 0 unspecified atom stereocenters. The van der Waals surface area contributed by atoms with E-state index in [-0.39, 0.29) is 5.28 Å². The van der Waals surface area contributed by atoms with E-state index < -0.39 is 0 Å². The number of aromatic nitrogens is 2. The number of halogens is 1. The molecule has 0 aliphatic rings. The summed E-state index contributed by atoms with van der Waals surface area (Å²) in [7, 11) is 0. The number of thiophene rings is 1. The monoisotopic (exact) mass is 415 g/mol. The fraction of sp³-hybridized carbons (Fsp3) is 0.435. The van der Waals surface area contributed by atoms with Crippen molar-refractivity contribution < 1.29 is 0 Å². The van der Waals surface area contributed by atoms with Crippen LogP contribution in [0.5, 0.6) is 0 Å². The summed E-state index contributed by atoms with van der Waals surface area (Å²) in [6.07, 6.45) is 2.71.